The highest BCUT2D eigenvalue weighted by Crippen LogP contribution is 2.18. The average molecular weight is 334 g/mol. The minimum absolute atomic E-state index is 0.145. The van der Waals surface area contributed by atoms with E-state index in [0.29, 0.717) is 16.9 Å². The predicted molar refractivity (Wildman–Crippen MR) is 99.1 cm³/mol. The summed E-state index contributed by atoms with van der Waals surface area (Å²) in [6, 6.07) is 16.5. The summed E-state index contributed by atoms with van der Waals surface area (Å²) >= 11 is 0. The van der Waals surface area contributed by atoms with Crippen LogP contribution in [0.2, 0.25) is 0 Å². The number of H-pyrrole nitrogens is 1. The molecule has 3 rings (SSSR count). The summed E-state index contributed by atoms with van der Waals surface area (Å²) < 4.78 is 1.49. The monoisotopic (exact) mass is 334 g/mol. The van der Waals surface area contributed by atoms with Crippen molar-refractivity contribution in [3.8, 4) is 5.69 Å². The number of hydrogen-bond donors (Lipinski definition) is 2. The van der Waals surface area contributed by atoms with Gasteiger partial charge in [0.2, 0.25) is 5.91 Å². The maximum absolute atomic E-state index is 12.6. The summed E-state index contributed by atoms with van der Waals surface area (Å²) in [7, 11) is 0. The van der Waals surface area contributed by atoms with Crippen LogP contribution in [0.4, 0.5) is 11.4 Å². The summed E-state index contributed by atoms with van der Waals surface area (Å²) in [6.45, 7) is 3.28. The van der Waals surface area contributed by atoms with Gasteiger partial charge in [-0.05, 0) is 37.3 Å². The van der Waals surface area contributed by atoms with Gasteiger partial charge in [0.05, 0.1) is 16.9 Å². The van der Waals surface area contributed by atoms with E-state index >= 15 is 0 Å². The third-order valence-corrected chi connectivity index (χ3v) is 3.64. The van der Waals surface area contributed by atoms with E-state index in [1.54, 1.807) is 30.5 Å². The van der Waals surface area contributed by atoms with Crippen molar-refractivity contribution in [2.24, 2.45) is 4.99 Å². The van der Waals surface area contributed by atoms with Gasteiger partial charge in [0, 0.05) is 24.5 Å². The summed E-state index contributed by atoms with van der Waals surface area (Å²) in [6.07, 6.45) is 1.54. The van der Waals surface area contributed by atoms with E-state index < -0.39 is 0 Å². The number of aromatic amines is 1. The molecule has 0 aliphatic rings. The number of nitrogens with one attached hydrogen (secondary N) is 2. The van der Waals surface area contributed by atoms with Gasteiger partial charge < -0.3 is 5.32 Å². The van der Waals surface area contributed by atoms with Gasteiger partial charge in [-0.15, -0.1) is 0 Å². The second-order valence-electron chi connectivity index (χ2n) is 5.62. The SMILES string of the molecule is CC(=O)Nc1cccc(N=Cc2c(C)[nH]n(-c3ccccc3)c2=O)c1. The lowest BCUT2D eigenvalue weighted by Gasteiger charge is -2.02. The molecule has 0 radical (unpaired) electrons. The van der Waals surface area contributed by atoms with Crippen LogP contribution in [0.3, 0.4) is 0 Å². The zero-order valence-electron chi connectivity index (χ0n) is 14.0. The number of para-hydroxylation sites is 1. The molecule has 1 amide bonds. The molecular formula is C19H18N4O2. The zero-order valence-corrected chi connectivity index (χ0v) is 14.0. The molecule has 0 atom stereocenters. The molecule has 0 bridgehead atoms. The van der Waals surface area contributed by atoms with Gasteiger partial charge in [0.25, 0.3) is 5.56 Å². The van der Waals surface area contributed by atoms with Crippen LogP contribution in [-0.2, 0) is 4.79 Å². The fraction of sp³-hybridized carbons (Fsp3) is 0.105. The molecular weight excluding hydrogens is 316 g/mol. The molecule has 2 N–H and O–H groups in total. The Hall–Kier alpha value is -3.41. The van der Waals surface area contributed by atoms with Crippen LogP contribution in [0, 0.1) is 6.92 Å². The van der Waals surface area contributed by atoms with Crippen LogP contribution in [0.25, 0.3) is 5.69 Å². The molecule has 0 fully saturated rings. The fourth-order valence-corrected chi connectivity index (χ4v) is 2.48. The molecule has 2 aromatic carbocycles. The fourth-order valence-electron chi connectivity index (χ4n) is 2.48. The first-order valence-corrected chi connectivity index (χ1v) is 7.83. The molecule has 25 heavy (non-hydrogen) atoms. The van der Waals surface area contributed by atoms with Gasteiger partial charge in [-0.1, -0.05) is 24.3 Å². The Bertz CT molecular complexity index is 984. The molecule has 6 heteroatoms. The lowest BCUT2D eigenvalue weighted by atomic mass is 10.2. The second kappa shape index (κ2) is 7.00. The van der Waals surface area contributed by atoms with E-state index in [4.69, 9.17) is 0 Å². The van der Waals surface area contributed by atoms with Gasteiger partial charge in [-0.25, -0.2) is 4.68 Å². The van der Waals surface area contributed by atoms with Gasteiger partial charge in [0.1, 0.15) is 0 Å². The lowest BCUT2D eigenvalue weighted by Crippen LogP contribution is -2.17. The number of rotatable bonds is 4. The minimum atomic E-state index is -0.162. The van der Waals surface area contributed by atoms with Crippen molar-refractivity contribution < 1.29 is 4.79 Å². The quantitative estimate of drug-likeness (QED) is 0.719. The number of benzene rings is 2. The Morgan fingerprint density at radius 2 is 1.92 bits per heavy atom. The van der Waals surface area contributed by atoms with Gasteiger partial charge in [-0.3, -0.25) is 19.7 Å². The Balaban J connectivity index is 1.91. The molecule has 0 saturated heterocycles. The Kier molecular flexibility index (Phi) is 4.61. The van der Waals surface area contributed by atoms with Crippen LogP contribution in [0.15, 0.2) is 64.4 Å². The Morgan fingerprint density at radius 3 is 2.64 bits per heavy atom. The first kappa shape index (κ1) is 16.4. The average Bonchev–Trinajstić information content (AvgIpc) is 2.88. The highest BCUT2D eigenvalue weighted by molar-refractivity contribution is 5.89. The summed E-state index contributed by atoms with van der Waals surface area (Å²) in [5.41, 5.74) is 3.14. The zero-order chi connectivity index (χ0) is 17.8. The number of aromatic nitrogens is 2. The predicted octanol–water partition coefficient (Wildman–Crippen LogP) is 3.18. The van der Waals surface area contributed by atoms with Crippen molar-refractivity contribution in [3.63, 3.8) is 0 Å². The standard InChI is InChI=1S/C19H18N4O2/c1-13-18(19(25)23(22-13)17-9-4-3-5-10-17)12-20-15-7-6-8-16(11-15)21-14(2)24/h3-12,22H,1-2H3,(H,21,24). The number of anilines is 1. The number of nitrogens with zero attached hydrogens (tertiary/aromatic N) is 2. The van der Waals surface area contributed by atoms with Crippen LogP contribution < -0.4 is 10.9 Å². The maximum Gasteiger partial charge on any atom is 0.280 e. The van der Waals surface area contributed by atoms with Crippen molar-refractivity contribution in [3.05, 3.63) is 76.2 Å². The summed E-state index contributed by atoms with van der Waals surface area (Å²) in [5, 5.41) is 5.77. The van der Waals surface area contributed by atoms with Crippen molar-refractivity contribution in [2.75, 3.05) is 5.32 Å². The number of aryl methyl sites for hydroxylation is 1. The van der Waals surface area contributed by atoms with Gasteiger partial charge in [0.15, 0.2) is 0 Å². The number of aliphatic imine (C=N–C) groups is 1. The van der Waals surface area contributed by atoms with Crippen LogP contribution in [-0.4, -0.2) is 21.9 Å². The van der Waals surface area contributed by atoms with Crippen LogP contribution in [0.1, 0.15) is 18.2 Å². The number of hydrogen-bond acceptors (Lipinski definition) is 3. The van der Waals surface area contributed by atoms with Crippen molar-refractivity contribution in [1.82, 2.24) is 9.78 Å². The third-order valence-electron chi connectivity index (χ3n) is 3.64. The molecule has 0 spiro atoms. The molecule has 6 nitrogen and oxygen atoms in total. The first-order chi connectivity index (χ1) is 12.0. The van der Waals surface area contributed by atoms with Crippen molar-refractivity contribution in [1.29, 1.82) is 0 Å². The molecule has 3 aromatic rings. The van der Waals surface area contributed by atoms with E-state index in [0.717, 1.165) is 11.4 Å². The molecule has 1 aromatic heterocycles. The first-order valence-electron chi connectivity index (χ1n) is 7.83. The maximum atomic E-state index is 12.6. The number of carbonyl (C=O) groups is 1. The molecule has 126 valence electrons. The highest BCUT2D eigenvalue weighted by Gasteiger charge is 2.10. The normalized spacial score (nSPS) is 11.0. The Labute approximate surface area is 144 Å². The molecule has 0 aliphatic carbocycles. The van der Waals surface area contributed by atoms with E-state index in [-0.39, 0.29) is 11.5 Å². The lowest BCUT2D eigenvalue weighted by molar-refractivity contribution is -0.114. The van der Waals surface area contributed by atoms with E-state index in [1.165, 1.54) is 11.6 Å². The molecule has 0 unspecified atom stereocenters. The van der Waals surface area contributed by atoms with Crippen LogP contribution in [0.5, 0.6) is 0 Å². The third kappa shape index (κ3) is 3.74. The van der Waals surface area contributed by atoms with Gasteiger partial charge in [-0.2, -0.15) is 0 Å². The topological polar surface area (TPSA) is 79.2 Å². The largest absolute Gasteiger partial charge is 0.326 e. The Morgan fingerprint density at radius 1 is 1.16 bits per heavy atom. The number of amides is 1. The highest BCUT2D eigenvalue weighted by atomic mass is 16.1. The van der Waals surface area contributed by atoms with E-state index in [1.807, 2.05) is 37.3 Å². The van der Waals surface area contributed by atoms with Crippen molar-refractivity contribution >= 4 is 23.5 Å². The van der Waals surface area contributed by atoms with E-state index in [2.05, 4.69) is 15.4 Å². The second-order valence-corrected chi connectivity index (χ2v) is 5.62. The van der Waals surface area contributed by atoms with Gasteiger partial charge >= 0.3 is 0 Å². The van der Waals surface area contributed by atoms with Crippen molar-refractivity contribution in [2.45, 2.75) is 13.8 Å². The molecule has 0 aliphatic heterocycles. The molecule has 0 saturated carbocycles. The van der Waals surface area contributed by atoms with Crippen LogP contribution >= 0.6 is 0 Å². The summed E-state index contributed by atoms with van der Waals surface area (Å²) in [5.74, 6) is -0.145. The number of carbonyl (C=O) groups excluding carboxylic acids is 1. The minimum Gasteiger partial charge on any atom is -0.326 e. The smallest absolute Gasteiger partial charge is 0.280 e. The molecule has 1 heterocycles. The van der Waals surface area contributed by atoms with E-state index in [9.17, 15) is 9.59 Å². The summed E-state index contributed by atoms with van der Waals surface area (Å²) in [4.78, 5) is 28.1.